The molecule has 1 N–H and O–H groups in total. The van der Waals surface area contributed by atoms with Gasteiger partial charge in [-0.3, -0.25) is 0 Å². The molecule has 0 saturated heterocycles. The molecular formula is C7H15NS. The summed E-state index contributed by atoms with van der Waals surface area (Å²) in [6, 6.07) is 0. The Morgan fingerprint density at radius 2 is 2.33 bits per heavy atom. The fraction of sp³-hybridized carbons (Fsp3) is 0.714. The van der Waals surface area contributed by atoms with E-state index in [1.807, 2.05) is 0 Å². The van der Waals surface area contributed by atoms with Crippen molar-refractivity contribution in [2.24, 2.45) is 0 Å². The fourth-order valence-electron chi connectivity index (χ4n) is 0.541. The Morgan fingerprint density at radius 3 is 2.78 bits per heavy atom. The lowest BCUT2D eigenvalue weighted by atomic mass is 10.4. The van der Waals surface area contributed by atoms with E-state index in [-0.39, 0.29) is 0 Å². The Labute approximate surface area is 61.9 Å². The monoisotopic (exact) mass is 145 g/mol. The average Bonchev–Trinajstić information content (AvgIpc) is 1.85. The second-order valence-corrected chi connectivity index (χ2v) is 2.67. The maximum atomic E-state index is 3.27. The zero-order valence-electron chi connectivity index (χ0n) is 6.40. The van der Waals surface area contributed by atoms with Crippen molar-refractivity contribution in [3.8, 4) is 0 Å². The Hall–Kier alpha value is -0.110. The third-order valence-corrected chi connectivity index (χ3v) is 1.54. The van der Waals surface area contributed by atoms with Crippen LogP contribution in [0.4, 0.5) is 0 Å². The van der Waals surface area contributed by atoms with E-state index in [0.29, 0.717) is 0 Å². The van der Waals surface area contributed by atoms with E-state index < -0.39 is 0 Å². The molecule has 0 aromatic carbocycles. The van der Waals surface area contributed by atoms with Gasteiger partial charge in [0.2, 0.25) is 0 Å². The lowest BCUT2D eigenvalue weighted by Crippen LogP contribution is -2.10. The predicted octanol–water partition coefficient (Wildman–Crippen LogP) is 2.21. The first-order chi connectivity index (χ1) is 4.31. The first-order valence-corrected chi connectivity index (χ1v) is 4.53. The second-order valence-electron chi connectivity index (χ2n) is 1.96. The van der Waals surface area contributed by atoms with Gasteiger partial charge in [-0.1, -0.05) is 6.92 Å². The van der Waals surface area contributed by atoms with Crippen molar-refractivity contribution >= 4 is 11.8 Å². The Balaban J connectivity index is 3.25. The molecule has 0 unspecified atom stereocenters. The molecular weight excluding hydrogens is 130 g/mol. The Bertz CT molecular complexity index is 88.9. The summed E-state index contributed by atoms with van der Waals surface area (Å²) >= 11 is 1.74. The van der Waals surface area contributed by atoms with Gasteiger partial charge in [0.1, 0.15) is 0 Å². The van der Waals surface area contributed by atoms with Gasteiger partial charge in [-0.15, -0.1) is 11.8 Å². The van der Waals surface area contributed by atoms with Crippen LogP contribution in [0.2, 0.25) is 0 Å². The highest BCUT2D eigenvalue weighted by molar-refractivity contribution is 8.01. The van der Waals surface area contributed by atoms with E-state index in [2.05, 4.69) is 30.8 Å². The maximum absolute atomic E-state index is 3.27. The summed E-state index contributed by atoms with van der Waals surface area (Å²) in [6.07, 6.45) is 3.26. The summed E-state index contributed by atoms with van der Waals surface area (Å²) in [7, 11) is 0. The minimum absolute atomic E-state index is 1.09. The van der Waals surface area contributed by atoms with E-state index in [1.54, 1.807) is 11.8 Å². The fourth-order valence-corrected chi connectivity index (χ4v) is 0.977. The minimum Gasteiger partial charge on any atom is -0.388 e. The molecule has 2 heteroatoms. The second kappa shape index (κ2) is 6.02. The van der Waals surface area contributed by atoms with E-state index in [0.717, 1.165) is 6.54 Å². The zero-order chi connectivity index (χ0) is 7.11. The summed E-state index contributed by atoms with van der Waals surface area (Å²) in [5, 5.41) is 5.39. The Kier molecular flexibility index (Phi) is 5.94. The molecule has 0 spiro atoms. The van der Waals surface area contributed by atoms with Gasteiger partial charge in [0.15, 0.2) is 0 Å². The van der Waals surface area contributed by atoms with E-state index in [4.69, 9.17) is 0 Å². The standard InChI is InChI=1S/C7H15NS/c1-4-5-8-7(2)6-9-3/h6,8H,4-5H2,1-3H3/b7-6+. The smallest absolute Gasteiger partial charge is 0.0141 e. The topological polar surface area (TPSA) is 12.0 Å². The first kappa shape index (κ1) is 8.89. The molecule has 0 aromatic heterocycles. The first-order valence-electron chi connectivity index (χ1n) is 3.24. The van der Waals surface area contributed by atoms with Gasteiger partial charge in [-0.05, 0) is 25.0 Å². The van der Waals surface area contributed by atoms with Crippen molar-refractivity contribution < 1.29 is 0 Å². The number of allylic oxidation sites excluding steroid dienone is 1. The molecule has 0 aliphatic carbocycles. The van der Waals surface area contributed by atoms with Gasteiger partial charge in [-0.25, -0.2) is 0 Å². The molecule has 0 atom stereocenters. The molecule has 0 heterocycles. The molecule has 0 bridgehead atoms. The summed E-state index contributed by atoms with van der Waals surface area (Å²) in [5.41, 5.74) is 1.27. The molecule has 0 radical (unpaired) electrons. The summed E-state index contributed by atoms with van der Waals surface area (Å²) in [5.74, 6) is 0. The van der Waals surface area contributed by atoms with Crippen LogP contribution in [0.5, 0.6) is 0 Å². The van der Waals surface area contributed by atoms with Gasteiger partial charge in [0, 0.05) is 12.2 Å². The van der Waals surface area contributed by atoms with Crippen LogP contribution in [0.15, 0.2) is 11.1 Å². The highest BCUT2D eigenvalue weighted by atomic mass is 32.2. The van der Waals surface area contributed by atoms with Crippen LogP contribution >= 0.6 is 11.8 Å². The maximum Gasteiger partial charge on any atom is 0.0141 e. The molecule has 0 aliphatic rings. The largest absolute Gasteiger partial charge is 0.388 e. The van der Waals surface area contributed by atoms with Gasteiger partial charge < -0.3 is 5.32 Å². The molecule has 9 heavy (non-hydrogen) atoms. The highest BCUT2D eigenvalue weighted by Gasteiger charge is 1.82. The number of nitrogens with one attached hydrogen (secondary N) is 1. The molecule has 0 amide bonds. The third kappa shape index (κ3) is 5.77. The summed E-state index contributed by atoms with van der Waals surface area (Å²) in [6.45, 7) is 5.34. The van der Waals surface area contributed by atoms with Gasteiger partial charge in [0.25, 0.3) is 0 Å². The van der Waals surface area contributed by atoms with Crippen molar-refractivity contribution in [3.05, 3.63) is 11.1 Å². The molecule has 0 fully saturated rings. The van der Waals surface area contributed by atoms with E-state index in [1.165, 1.54) is 12.1 Å². The molecule has 0 saturated carbocycles. The van der Waals surface area contributed by atoms with Crippen molar-refractivity contribution in [1.29, 1.82) is 0 Å². The SMILES string of the molecule is CCCN/C(C)=C/SC. The van der Waals surface area contributed by atoms with Crippen LogP contribution in [-0.4, -0.2) is 12.8 Å². The predicted molar refractivity (Wildman–Crippen MR) is 45.6 cm³/mol. The van der Waals surface area contributed by atoms with Crippen LogP contribution < -0.4 is 5.32 Å². The normalized spacial score (nSPS) is 11.7. The number of hydrogen-bond acceptors (Lipinski definition) is 2. The van der Waals surface area contributed by atoms with Gasteiger partial charge >= 0.3 is 0 Å². The minimum atomic E-state index is 1.09. The van der Waals surface area contributed by atoms with E-state index in [9.17, 15) is 0 Å². The van der Waals surface area contributed by atoms with Crippen LogP contribution in [0, 0.1) is 0 Å². The van der Waals surface area contributed by atoms with Crippen molar-refractivity contribution in [1.82, 2.24) is 5.32 Å². The molecule has 0 aromatic rings. The van der Waals surface area contributed by atoms with Crippen molar-refractivity contribution in [2.45, 2.75) is 20.3 Å². The van der Waals surface area contributed by atoms with E-state index >= 15 is 0 Å². The Morgan fingerprint density at radius 1 is 1.67 bits per heavy atom. The van der Waals surface area contributed by atoms with Crippen LogP contribution in [0.25, 0.3) is 0 Å². The number of thioether (sulfide) groups is 1. The molecule has 0 aliphatic heterocycles. The van der Waals surface area contributed by atoms with Crippen molar-refractivity contribution in [2.75, 3.05) is 12.8 Å². The number of hydrogen-bond donors (Lipinski definition) is 1. The molecule has 0 rings (SSSR count). The lowest BCUT2D eigenvalue weighted by Gasteiger charge is -2.01. The van der Waals surface area contributed by atoms with Crippen LogP contribution in [0.1, 0.15) is 20.3 Å². The van der Waals surface area contributed by atoms with Gasteiger partial charge in [-0.2, -0.15) is 0 Å². The van der Waals surface area contributed by atoms with Gasteiger partial charge in [0.05, 0.1) is 0 Å². The summed E-state index contributed by atoms with van der Waals surface area (Å²) in [4.78, 5) is 0. The van der Waals surface area contributed by atoms with Crippen LogP contribution in [0.3, 0.4) is 0 Å². The van der Waals surface area contributed by atoms with Crippen LogP contribution in [-0.2, 0) is 0 Å². The highest BCUT2D eigenvalue weighted by Crippen LogP contribution is 1.98. The zero-order valence-corrected chi connectivity index (χ0v) is 7.22. The average molecular weight is 145 g/mol. The third-order valence-electron chi connectivity index (χ3n) is 0.948. The lowest BCUT2D eigenvalue weighted by molar-refractivity contribution is 0.771. The summed E-state index contributed by atoms with van der Waals surface area (Å²) < 4.78 is 0. The molecule has 1 nitrogen and oxygen atoms in total. The molecule has 54 valence electrons. The quantitative estimate of drug-likeness (QED) is 0.651. The number of rotatable bonds is 4. The van der Waals surface area contributed by atoms with Crippen molar-refractivity contribution in [3.63, 3.8) is 0 Å².